The SMILES string of the molecule is C[C@@H]1CCCC[C@H]1NC(=O)[C@@H](C)OC(=O)c1cc2c(s1)CCC2. The third kappa shape index (κ3) is 3.77. The van der Waals surface area contributed by atoms with Gasteiger partial charge < -0.3 is 10.1 Å². The van der Waals surface area contributed by atoms with Crippen LogP contribution in [0.5, 0.6) is 0 Å². The molecule has 23 heavy (non-hydrogen) atoms. The highest BCUT2D eigenvalue weighted by Gasteiger charge is 2.27. The van der Waals surface area contributed by atoms with Crippen LogP contribution in [-0.4, -0.2) is 24.0 Å². The van der Waals surface area contributed by atoms with Crippen LogP contribution in [0.15, 0.2) is 6.07 Å². The van der Waals surface area contributed by atoms with E-state index in [-0.39, 0.29) is 17.9 Å². The van der Waals surface area contributed by atoms with Crippen LogP contribution in [-0.2, 0) is 22.4 Å². The molecule has 0 unspecified atom stereocenters. The van der Waals surface area contributed by atoms with Crippen molar-refractivity contribution in [2.45, 2.75) is 70.9 Å². The smallest absolute Gasteiger partial charge is 0.349 e. The largest absolute Gasteiger partial charge is 0.448 e. The summed E-state index contributed by atoms with van der Waals surface area (Å²) < 4.78 is 5.37. The Kier molecular flexibility index (Phi) is 5.05. The van der Waals surface area contributed by atoms with Gasteiger partial charge in [-0.25, -0.2) is 4.79 Å². The van der Waals surface area contributed by atoms with Gasteiger partial charge in [0.1, 0.15) is 4.88 Å². The zero-order valence-corrected chi connectivity index (χ0v) is 14.7. The zero-order chi connectivity index (χ0) is 16.4. The minimum Gasteiger partial charge on any atom is -0.448 e. The second kappa shape index (κ2) is 7.04. The molecule has 1 fully saturated rings. The number of hydrogen-bond donors (Lipinski definition) is 1. The number of thiophene rings is 1. The number of ether oxygens (including phenoxy) is 1. The van der Waals surface area contributed by atoms with E-state index in [0.29, 0.717) is 10.8 Å². The van der Waals surface area contributed by atoms with E-state index in [4.69, 9.17) is 4.74 Å². The molecule has 126 valence electrons. The highest BCUT2D eigenvalue weighted by Crippen LogP contribution is 2.31. The zero-order valence-electron chi connectivity index (χ0n) is 13.9. The summed E-state index contributed by atoms with van der Waals surface area (Å²) in [7, 11) is 0. The average molecular weight is 335 g/mol. The minimum atomic E-state index is -0.742. The normalized spacial score (nSPS) is 24.8. The standard InChI is InChI=1S/C18H25NO3S/c1-11-6-3-4-8-14(11)19-17(20)12(2)22-18(21)16-10-13-7-5-9-15(13)23-16/h10-12,14H,3-9H2,1-2H3,(H,19,20)/t11-,12-,14-/m1/s1. The molecule has 0 spiro atoms. The third-order valence-electron chi connectivity index (χ3n) is 5.04. The molecule has 4 nitrogen and oxygen atoms in total. The van der Waals surface area contributed by atoms with Gasteiger partial charge >= 0.3 is 5.97 Å². The molecule has 0 aromatic carbocycles. The average Bonchev–Trinajstić information content (AvgIpc) is 3.10. The lowest BCUT2D eigenvalue weighted by molar-refractivity contribution is -0.130. The molecular formula is C18H25NO3S. The quantitative estimate of drug-likeness (QED) is 0.857. The van der Waals surface area contributed by atoms with Gasteiger partial charge in [-0.2, -0.15) is 0 Å². The van der Waals surface area contributed by atoms with Gasteiger partial charge in [0, 0.05) is 10.9 Å². The predicted octanol–water partition coefficient (Wildman–Crippen LogP) is 3.48. The first kappa shape index (κ1) is 16.5. The van der Waals surface area contributed by atoms with Gasteiger partial charge in [0.25, 0.3) is 5.91 Å². The van der Waals surface area contributed by atoms with Crippen LogP contribution in [0.4, 0.5) is 0 Å². The molecule has 1 aromatic heterocycles. The monoisotopic (exact) mass is 335 g/mol. The second-order valence-electron chi connectivity index (χ2n) is 6.84. The van der Waals surface area contributed by atoms with Crippen LogP contribution in [0.25, 0.3) is 0 Å². The van der Waals surface area contributed by atoms with Crippen LogP contribution in [0.1, 0.15) is 66.1 Å². The maximum absolute atomic E-state index is 12.3. The number of nitrogens with one attached hydrogen (secondary N) is 1. The molecule has 0 radical (unpaired) electrons. The number of fused-ring (bicyclic) bond motifs is 1. The van der Waals surface area contributed by atoms with Gasteiger partial charge in [-0.1, -0.05) is 19.8 Å². The lowest BCUT2D eigenvalue weighted by Gasteiger charge is -2.30. The first-order valence-electron chi connectivity index (χ1n) is 8.67. The van der Waals surface area contributed by atoms with Crippen molar-refractivity contribution in [3.8, 4) is 0 Å². The summed E-state index contributed by atoms with van der Waals surface area (Å²) in [6, 6.07) is 2.14. The lowest BCUT2D eigenvalue weighted by atomic mass is 9.86. The molecule has 1 aromatic rings. The van der Waals surface area contributed by atoms with E-state index in [0.717, 1.165) is 32.1 Å². The molecule has 1 N–H and O–H groups in total. The van der Waals surface area contributed by atoms with Crippen LogP contribution in [0.2, 0.25) is 0 Å². The van der Waals surface area contributed by atoms with E-state index >= 15 is 0 Å². The lowest BCUT2D eigenvalue weighted by Crippen LogP contribution is -2.45. The van der Waals surface area contributed by atoms with Gasteiger partial charge in [-0.05, 0) is 56.6 Å². The van der Waals surface area contributed by atoms with Crippen LogP contribution in [0, 0.1) is 5.92 Å². The summed E-state index contributed by atoms with van der Waals surface area (Å²) in [5, 5.41) is 3.05. The molecule has 5 heteroatoms. The summed E-state index contributed by atoms with van der Waals surface area (Å²) in [4.78, 5) is 26.4. The number of hydrogen-bond acceptors (Lipinski definition) is 4. The number of aryl methyl sites for hydroxylation is 2. The molecule has 1 heterocycles. The Morgan fingerprint density at radius 3 is 2.78 bits per heavy atom. The first-order chi connectivity index (χ1) is 11.0. The third-order valence-corrected chi connectivity index (χ3v) is 6.26. The summed E-state index contributed by atoms with van der Waals surface area (Å²) >= 11 is 1.51. The highest BCUT2D eigenvalue weighted by atomic mass is 32.1. The molecule has 2 aliphatic carbocycles. The highest BCUT2D eigenvalue weighted by molar-refractivity contribution is 7.14. The van der Waals surface area contributed by atoms with E-state index in [2.05, 4.69) is 12.2 Å². The van der Waals surface area contributed by atoms with E-state index in [9.17, 15) is 9.59 Å². The molecule has 0 saturated heterocycles. The van der Waals surface area contributed by atoms with Crippen molar-refractivity contribution in [1.29, 1.82) is 0 Å². The van der Waals surface area contributed by atoms with Gasteiger partial charge in [0.05, 0.1) is 0 Å². The number of carbonyl (C=O) groups excluding carboxylic acids is 2. The van der Waals surface area contributed by atoms with Crippen molar-refractivity contribution >= 4 is 23.2 Å². The summed E-state index contributed by atoms with van der Waals surface area (Å²) in [5.74, 6) is -0.0548. The topological polar surface area (TPSA) is 55.4 Å². The first-order valence-corrected chi connectivity index (χ1v) is 9.49. The fourth-order valence-electron chi connectivity index (χ4n) is 3.53. The summed E-state index contributed by atoms with van der Waals surface area (Å²) in [6.45, 7) is 3.83. The van der Waals surface area contributed by atoms with Crippen molar-refractivity contribution in [3.05, 3.63) is 21.4 Å². The molecule has 1 amide bonds. The van der Waals surface area contributed by atoms with Crippen LogP contribution >= 0.6 is 11.3 Å². The van der Waals surface area contributed by atoms with Crippen LogP contribution in [0.3, 0.4) is 0 Å². The van der Waals surface area contributed by atoms with Crippen molar-refractivity contribution < 1.29 is 14.3 Å². The Morgan fingerprint density at radius 2 is 2.04 bits per heavy atom. The van der Waals surface area contributed by atoms with Crippen molar-refractivity contribution in [1.82, 2.24) is 5.32 Å². The molecule has 0 aliphatic heterocycles. The minimum absolute atomic E-state index is 0.179. The van der Waals surface area contributed by atoms with Gasteiger partial charge in [0.15, 0.2) is 6.10 Å². The van der Waals surface area contributed by atoms with E-state index in [1.54, 1.807) is 6.92 Å². The summed E-state index contributed by atoms with van der Waals surface area (Å²) in [5.41, 5.74) is 1.27. The van der Waals surface area contributed by atoms with Crippen molar-refractivity contribution in [2.75, 3.05) is 0 Å². The van der Waals surface area contributed by atoms with Gasteiger partial charge in [-0.3, -0.25) is 4.79 Å². The van der Waals surface area contributed by atoms with Gasteiger partial charge in [-0.15, -0.1) is 11.3 Å². The van der Waals surface area contributed by atoms with E-state index < -0.39 is 6.10 Å². The van der Waals surface area contributed by atoms with E-state index in [1.807, 2.05) is 6.07 Å². The molecular weight excluding hydrogens is 310 g/mol. The molecule has 2 aliphatic rings. The molecule has 1 saturated carbocycles. The van der Waals surface area contributed by atoms with Gasteiger partial charge in [0.2, 0.25) is 0 Å². The summed E-state index contributed by atoms with van der Waals surface area (Å²) in [6.07, 6.45) is 7.11. The Bertz CT molecular complexity index is 574. The van der Waals surface area contributed by atoms with Crippen molar-refractivity contribution in [2.24, 2.45) is 5.92 Å². The molecule has 3 atom stereocenters. The Balaban J connectivity index is 1.53. The maximum atomic E-state index is 12.3. The maximum Gasteiger partial charge on any atom is 0.349 e. The number of carbonyl (C=O) groups is 2. The predicted molar refractivity (Wildman–Crippen MR) is 90.8 cm³/mol. The van der Waals surface area contributed by atoms with Crippen molar-refractivity contribution in [3.63, 3.8) is 0 Å². The number of rotatable bonds is 4. The Labute approximate surface area is 141 Å². The Hall–Kier alpha value is -1.36. The second-order valence-corrected chi connectivity index (χ2v) is 7.97. The number of esters is 1. The molecule has 3 rings (SSSR count). The fraction of sp³-hybridized carbons (Fsp3) is 0.667. The number of amides is 1. The van der Waals surface area contributed by atoms with Crippen LogP contribution < -0.4 is 5.32 Å². The fourth-order valence-corrected chi connectivity index (χ4v) is 4.67. The Morgan fingerprint density at radius 1 is 1.26 bits per heavy atom. The van der Waals surface area contributed by atoms with E-state index in [1.165, 1.54) is 34.6 Å². The molecule has 0 bridgehead atoms.